The molecular weight excluding hydrogens is 328 g/mol. The second-order valence-corrected chi connectivity index (χ2v) is 8.02. The lowest BCUT2D eigenvalue weighted by Gasteiger charge is -2.43. The monoisotopic (exact) mass is 356 g/mol. The van der Waals surface area contributed by atoms with E-state index in [1.54, 1.807) is 6.20 Å². The highest BCUT2D eigenvalue weighted by molar-refractivity contribution is 6.09. The fourth-order valence-corrected chi connectivity index (χ4v) is 4.34. The largest absolute Gasteiger partial charge is 0.380 e. The van der Waals surface area contributed by atoms with Crippen LogP contribution in [0.4, 0.5) is 0 Å². The fourth-order valence-electron chi connectivity index (χ4n) is 4.34. The van der Waals surface area contributed by atoms with Crippen LogP contribution in [0.3, 0.4) is 0 Å². The molecule has 1 aromatic carbocycles. The first-order chi connectivity index (χ1) is 12.3. The second-order valence-electron chi connectivity index (χ2n) is 8.02. The average Bonchev–Trinajstić information content (AvgIpc) is 3.03. The lowest BCUT2D eigenvalue weighted by molar-refractivity contribution is -0.155. The minimum atomic E-state index is -1.40. The SMILES string of the molecule is CC1CCC(C(C)C)C(O)(C(=O)NCC(=O)c2c[nH]c3ccccc23)C1. The number of hydrogen-bond acceptors (Lipinski definition) is 3. The third kappa shape index (κ3) is 3.40. The van der Waals surface area contributed by atoms with Crippen molar-refractivity contribution in [1.29, 1.82) is 0 Å². The summed E-state index contributed by atoms with van der Waals surface area (Å²) in [6, 6.07) is 7.57. The Hall–Kier alpha value is -2.14. The first-order valence-corrected chi connectivity index (χ1v) is 9.43. The Morgan fingerprint density at radius 1 is 1.31 bits per heavy atom. The van der Waals surface area contributed by atoms with Crippen molar-refractivity contribution in [3.8, 4) is 0 Å². The molecule has 5 heteroatoms. The molecule has 2 aromatic rings. The van der Waals surface area contributed by atoms with E-state index in [1.165, 1.54) is 0 Å². The molecule has 140 valence electrons. The highest BCUT2D eigenvalue weighted by Crippen LogP contribution is 2.41. The number of H-pyrrole nitrogens is 1. The molecule has 1 heterocycles. The third-order valence-electron chi connectivity index (χ3n) is 5.74. The number of ketones is 1. The Morgan fingerprint density at radius 2 is 2.04 bits per heavy atom. The number of hydrogen-bond donors (Lipinski definition) is 3. The number of nitrogens with one attached hydrogen (secondary N) is 2. The maximum absolute atomic E-state index is 12.8. The van der Waals surface area contributed by atoms with Gasteiger partial charge in [0.25, 0.3) is 5.91 Å². The molecule has 3 N–H and O–H groups in total. The zero-order valence-corrected chi connectivity index (χ0v) is 15.7. The van der Waals surface area contributed by atoms with Gasteiger partial charge in [-0.25, -0.2) is 0 Å². The summed E-state index contributed by atoms with van der Waals surface area (Å²) in [5.41, 5.74) is 0.0545. The standard InChI is InChI=1S/C21H28N2O3/c1-13(2)17-9-8-14(3)10-21(17,26)20(25)23-12-19(24)16-11-22-18-7-5-4-6-15(16)18/h4-7,11,13-14,17,22,26H,8-10,12H2,1-3H3,(H,23,25). The molecule has 26 heavy (non-hydrogen) atoms. The molecule has 3 rings (SSSR count). The van der Waals surface area contributed by atoms with Crippen LogP contribution in [0.5, 0.6) is 0 Å². The van der Waals surface area contributed by atoms with Crippen molar-refractivity contribution in [3.05, 3.63) is 36.0 Å². The van der Waals surface area contributed by atoms with E-state index >= 15 is 0 Å². The van der Waals surface area contributed by atoms with Crippen LogP contribution in [0.25, 0.3) is 10.9 Å². The van der Waals surface area contributed by atoms with Crippen molar-refractivity contribution in [2.75, 3.05) is 6.54 Å². The van der Waals surface area contributed by atoms with E-state index in [2.05, 4.69) is 17.2 Å². The predicted molar refractivity (Wildman–Crippen MR) is 102 cm³/mol. The van der Waals surface area contributed by atoms with Crippen molar-refractivity contribution in [1.82, 2.24) is 10.3 Å². The minimum Gasteiger partial charge on any atom is -0.380 e. The maximum Gasteiger partial charge on any atom is 0.252 e. The lowest BCUT2D eigenvalue weighted by Crippen LogP contribution is -2.56. The van der Waals surface area contributed by atoms with Gasteiger partial charge in [-0.2, -0.15) is 0 Å². The molecule has 1 fully saturated rings. The number of para-hydroxylation sites is 1. The van der Waals surface area contributed by atoms with Crippen LogP contribution in [-0.4, -0.2) is 33.9 Å². The van der Waals surface area contributed by atoms with Gasteiger partial charge in [-0.05, 0) is 36.7 Å². The smallest absolute Gasteiger partial charge is 0.252 e. The number of aromatic nitrogens is 1. The number of rotatable bonds is 5. The molecule has 0 aliphatic heterocycles. The van der Waals surface area contributed by atoms with Crippen molar-refractivity contribution >= 4 is 22.6 Å². The van der Waals surface area contributed by atoms with Crippen LogP contribution >= 0.6 is 0 Å². The highest BCUT2D eigenvalue weighted by atomic mass is 16.3. The summed E-state index contributed by atoms with van der Waals surface area (Å²) >= 11 is 0. The van der Waals surface area contributed by atoms with E-state index < -0.39 is 11.5 Å². The molecule has 1 amide bonds. The molecular formula is C21H28N2O3. The minimum absolute atomic E-state index is 0.0816. The zero-order chi connectivity index (χ0) is 18.9. The fraction of sp³-hybridized carbons (Fsp3) is 0.524. The second kappa shape index (κ2) is 7.23. The zero-order valence-electron chi connectivity index (χ0n) is 15.7. The highest BCUT2D eigenvalue weighted by Gasteiger charge is 2.48. The van der Waals surface area contributed by atoms with E-state index in [-0.39, 0.29) is 24.2 Å². The molecule has 0 saturated heterocycles. The number of carbonyl (C=O) groups excluding carboxylic acids is 2. The van der Waals surface area contributed by atoms with Gasteiger partial charge in [-0.1, -0.05) is 45.4 Å². The van der Waals surface area contributed by atoms with Gasteiger partial charge in [0.2, 0.25) is 0 Å². The number of carbonyl (C=O) groups is 2. The number of Topliss-reactive ketones (excluding diaryl/α,β-unsaturated/α-hetero) is 1. The lowest BCUT2D eigenvalue weighted by atomic mass is 9.66. The van der Waals surface area contributed by atoms with Crippen LogP contribution in [0, 0.1) is 17.8 Å². The van der Waals surface area contributed by atoms with E-state index in [0.717, 1.165) is 23.7 Å². The molecule has 1 saturated carbocycles. The number of amides is 1. The Balaban J connectivity index is 1.71. The Kier molecular flexibility index (Phi) is 5.19. The molecule has 1 aliphatic carbocycles. The Bertz CT molecular complexity index is 810. The molecule has 0 spiro atoms. The van der Waals surface area contributed by atoms with E-state index in [4.69, 9.17) is 0 Å². The molecule has 5 nitrogen and oxygen atoms in total. The number of benzene rings is 1. The van der Waals surface area contributed by atoms with Crippen molar-refractivity contribution < 1.29 is 14.7 Å². The number of fused-ring (bicyclic) bond motifs is 1. The van der Waals surface area contributed by atoms with Crippen molar-refractivity contribution in [3.63, 3.8) is 0 Å². The van der Waals surface area contributed by atoms with E-state index in [9.17, 15) is 14.7 Å². The van der Waals surface area contributed by atoms with Crippen LogP contribution < -0.4 is 5.32 Å². The summed E-state index contributed by atoms with van der Waals surface area (Å²) in [6.45, 7) is 6.03. The quantitative estimate of drug-likeness (QED) is 0.719. The van der Waals surface area contributed by atoms with Gasteiger partial charge >= 0.3 is 0 Å². The van der Waals surface area contributed by atoms with Crippen LogP contribution in [-0.2, 0) is 4.79 Å². The molecule has 3 atom stereocenters. The summed E-state index contributed by atoms with van der Waals surface area (Å²) in [6.07, 6.45) is 3.97. The van der Waals surface area contributed by atoms with Gasteiger partial charge in [0, 0.05) is 22.7 Å². The number of aromatic amines is 1. The Morgan fingerprint density at radius 3 is 2.77 bits per heavy atom. The van der Waals surface area contributed by atoms with Gasteiger partial charge in [0.15, 0.2) is 5.78 Å². The molecule has 0 radical (unpaired) electrons. The van der Waals surface area contributed by atoms with E-state index in [1.807, 2.05) is 38.1 Å². The van der Waals surface area contributed by atoms with Gasteiger partial charge in [-0.15, -0.1) is 0 Å². The topological polar surface area (TPSA) is 82.2 Å². The van der Waals surface area contributed by atoms with Gasteiger partial charge in [-0.3, -0.25) is 9.59 Å². The van der Waals surface area contributed by atoms with Crippen molar-refractivity contribution in [2.24, 2.45) is 17.8 Å². The normalized spacial score (nSPS) is 26.2. The van der Waals surface area contributed by atoms with Gasteiger partial charge < -0.3 is 15.4 Å². The third-order valence-corrected chi connectivity index (χ3v) is 5.74. The molecule has 0 bridgehead atoms. The summed E-state index contributed by atoms with van der Waals surface area (Å²) < 4.78 is 0. The maximum atomic E-state index is 12.8. The van der Waals surface area contributed by atoms with Gasteiger partial charge in [0.05, 0.1) is 6.54 Å². The molecule has 1 aromatic heterocycles. The van der Waals surface area contributed by atoms with Crippen LogP contribution in [0.1, 0.15) is 50.4 Å². The summed E-state index contributed by atoms with van der Waals surface area (Å²) in [7, 11) is 0. The first kappa shape index (κ1) is 18.6. The van der Waals surface area contributed by atoms with Crippen LogP contribution in [0.2, 0.25) is 0 Å². The number of aliphatic hydroxyl groups is 1. The first-order valence-electron chi connectivity index (χ1n) is 9.43. The van der Waals surface area contributed by atoms with Crippen LogP contribution in [0.15, 0.2) is 30.5 Å². The predicted octanol–water partition coefficient (Wildman–Crippen LogP) is 3.29. The average molecular weight is 356 g/mol. The Labute approximate surface area is 154 Å². The molecule has 3 unspecified atom stereocenters. The summed E-state index contributed by atoms with van der Waals surface area (Å²) in [4.78, 5) is 28.4. The van der Waals surface area contributed by atoms with Crippen molar-refractivity contribution in [2.45, 2.75) is 45.6 Å². The summed E-state index contributed by atoms with van der Waals surface area (Å²) in [5, 5.41) is 14.7. The molecule has 1 aliphatic rings. The summed E-state index contributed by atoms with van der Waals surface area (Å²) in [5.74, 6) is -0.158. The van der Waals surface area contributed by atoms with E-state index in [0.29, 0.717) is 17.9 Å². The van der Waals surface area contributed by atoms with Gasteiger partial charge in [0.1, 0.15) is 5.60 Å².